The van der Waals surface area contributed by atoms with Gasteiger partial charge in [-0.25, -0.2) is 0 Å². The maximum Gasteiger partial charge on any atom is 0.170 e. The maximum atomic E-state index is 11.8. The number of carbonyl (C=O) groups is 4. The highest BCUT2D eigenvalue weighted by Crippen LogP contribution is 2.08. The molecule has 0 heterocycles. The summed E-state index contributed by atoms with van der Waals surface area (Å²) in [6.45, 7) is 2.81. The van der Waals surface area contributed by atoms with Gasteiger partial charge in [0.05, 0.1) is 12.8 Å². The van der Waals surface area contributed by atoms with Crippen molar-refractivity contribution in [3.8, 4) is 0 Å². The molecular weight excluding hydrogens is 304 g/mol. The zero-order valence-corrected chi connectivity index (χ0v) is 13.8. The van der Waals surface area contributed by atoms with Crippen molar-refractivity contribution < 1.29 is 19.2 Å². The first-order chi connectivity index (χ1) is 11.4. The Labute approximate surface area is 141 Å². The number of ketones is 4. The van der Waals surface area contributed by atoms with Gasteiger partial charge in [0.25, 0.3) is 0 Å². The summed E-state index contributed by atoms with van der Waals surface area (Å²) in [5.74, 6) is -0.404. The van der Waals surface area contributed by atoms with Crippen molar-refractivity contribution in [1.82, 2.24) is 0 Å². The van der Waals surface area contributed by atoms with Crippen molar-refractivity contribution in [3.05, 3.63) is 71.8 Å². The van der Waals surface area contributed by atoms with E-state index in [0.29, 0.717) is 11.1 Å². The van der Waals surface area contributed by atoms with Crippen LogP contribution in [0.4, 0.5) is 0 Å². The molecule has 0 saturated heterocycles. The van der Waals surface area contributed by atoms with E-state index < -0.39 is 0 Å². The van der Waals surface area contributed by atoms with Crippen LogP contribution in [-0.2, 0) is 9.59 Å². The normalized spacial score (nSPS) is 9.42. The Kier molecular flexibility index (Phi) is 7.99. The lowest BCUT2D eigenvalue weighted by Gasteiger charge is -2.00. The molecule has 0 spiro atoms. The minimum absolute atomic E-state index is 0.0625. The number of Topliss-reactive ketones (excluding diaryl/α,β-unsaturated/α-hetero) is 4. The van der Waals surface area contributed by atoms with Gasteiger partial charge in [-0.15, -0.1) is 0 Å². The van der Waals surface area contributed by atoms with E-state index >= 15 is 0 Å². The van der Waals surface area contributed by atoms with Crippen LogP contribution in [-0.4, -0.2) is 23.1 Å². The van der Waals surface area contributed by atoms with E-state index in [9.17, 15) is 19.2 Å². The van der Waals surface area contributed by atoms with Gasteiger partial charge >= 0.3 is 0 Å². The van der Waals surface area contributed by atoms with E-state index in [1.54, 1.807) is 48.5 Å². The lowest BCUT2D eigenvalue weighted by molar-refractivity contribution is -0.124. The Balaban J connectivity index is 0.000000351. The molecule has 0 aliphatic rings. The summed E-state index contributed by atoms with van der Waals surface area (Å²) in [4.78, 5) is 43.7. The summed E-state index contributed by atoms with van der Waals surface area (Å²) in [6.07, 6.45) is 0.00796. The summed E-state index contributed by atoms with van der Waals surface area (Å²) < 4.78 is 0. The van der Waals surface area contributed by atoms with E-state index in [-0.39, 0.29) is 36.0 Å². The second kappa shape index (κ2) is 10.0. The van der Waals surface area contributed by atoms with Crippen molar-refractivity contribution in [3.63, 3.8) is 0 Å². The number of carbonyl (C=O) groups excluding carboxylic acids is 4. The van der Waals surface area contributed by atoms with E-state index in [2.05, 4.69) is 0 Å². The summed E-state index contributed by atoms with van der Waals surface area (Å²) in [5.41, 5.74) is 1.16. The Hall–Kier alpha value is -2.88. The lowest BCUT2D eigenvalue weighted by Crippen LogP contribution is -2.08. The number of hydrogen-bond donors (Lipinski definition) is 0. The Morgan fingerprint density at radius 1 is 0.583 bits per heavy atom. The molecule has 2 rings (SSSR count). The van der Waals surface area contributed by atoms with E-state index in [1.165, 1.54) is 13.8 Å². The van der Waals surface area contributed by atoms with Gasteiger partial charge in [-0.1, -0.05) is 60.7 Å². The standard InChI is InChI=1S/C15H12O2.C5H8O2/c16-14(12-7-3-1-4-8-12)11-15(17)13-9-5-2-6-10-13;1-4(6)3-5(2)7/h1-10H,11H2;3H2,1-2H3. The molecule has 4 heteroatoms. The van der Waals surface area contributed by atoms with Gasteiger partial charge in [-0.2, -0.15) is 0 Å². The maximum absolute atomic E-state index is 11.8. The van der Waals surface area contributed by atoms with E-state index in [0.717, 1.165) is 0 Å². The molecular formula is C20H20O4. The van der Waals surface area contributed by atoms with Crippen LogP contribution in [0, 0.1) is 0 Å². The molecule has 0 bridgehead atoms. The minimum atomic E-state index is -0.139. The monoisotopic (exact) mass is 324 g/mol. The predicted octanol–water partition coefficient (Wildman–Crippen LogP) is 3.70. The van der Waals surface area contributed by atoms with Crippen LogP contribution in [0.15, 0.2) is 60.7 Å². The van der Waals surface area contributed by atoms with Gasteiger partial charge in [-0.3, -0.25) is 19.2 Å². The molecule has 0 aliphatic heterocycles. The van der Waals surface area contributed by atoms with E-state index in [4.69, 9.17) is 0 Å². The number of hydrogen-bond acceptors (Lipinski definition) is 4. The number of benzene rings is 2. The molecule has 0 atom stereocenters. The molecule has 0 aromatic heterocycles. The third-order valence-corrected chi connectivity index (χ3v) is 3.01. The van der Waals surface area contributed by atoms with Crippen LogP contribution in [0.3, 0.4) is 0 Å². The molecule has 0 amide bonds. The van der Waals surface area contributed by atoms with Crippen LogP contribution < -0.4 is 0 Å². The average molecular weight is 324 g/mol. The molecule has 0 fully saturated rings. The quantitative estimate of drug-likeness (QED) is 0.600. The molecule has 0 aliphatic carbocycles. The highest BCUT2D eigenvalue weighted by Gasteiger charge is 2.12. The second-order valence-electron chi connectivity index (χ2n) is 5.34. The van der Waals surface area contributed by atoms with Crippen molar-refractivity contribution in [2.75, 3.05) is 0 Å². The largest absolute Gasteiger partial charge is 0.300 e. The molecule has 4 nitrogen and oxygen atoms in total. The van der Waals surface area contributed by atoms with Gasteiger partial charge in [0.15, 0.2) is 11.6 Å². The molecule has 0 saturated carbocycles. The zero-order valence-electron chi connectivity index (χ0n) is 13.8. The van der Waals surface area contributed by atoms with Crippen molar-refractivity contribution in [2.45, 2.75) is 26.7 Å². The molecule has 0 N–H and O–H groups in total. The second-order valence-corrected chi connectivity index (χ2v) is 5.34. The zero-order chi connectivity index (χ0) is 17.9. The van der Waals surface area contributed by atoms with Crippen LogP contribution in [0.2, 0.25) is 0 Å². The predicted molar refractivity (Wildman–Crippen MR) is 92.1 cm³/mol. The van der Waals surface area contributed by atoms with Crippen LogP contribution in [0.1, 0.15) is 47.4 Å². The first-order valence-electron chi connectivity index (χ1n) is 7.55. The molecule has 2 aromatic carbocycles. The highest BCUT2D eigenvalue weighted by molar-refractivity contribution is 6.13. The van der Waals surface area contributed by atoms with Gasteiger partial charge in [0, 0.05) is 11.1 Å². The lowest BCUT2D eigenvalue weighted by atomic mass is 10.0. The van der Waals surface area contributed by atoms with Crippen LogP contribution >= 0.6 is 0 Å². The molecule has 24 heavy (non-hydrogen) atoms. The van der Waals surface area contributed by atoms with Gasteiger partial charge in [0.2, 0.25) is 0 Å². The smallest absolute Gasteiger partial charge is 0.170 e. The topological polar surface area (TPSA) is 68.3 Å². The summed E-state index contributed by atoms with van der Waals surface area (Å²) >= 11 is 0. The third-order valence-electron chi connectivity index (χ3n) is 3.01. The fourth-order valence-corrected chi connectivity index (χ4v) is 1.95. The van der Waals surface area contributed by atoms with Crippen LogP contribution in [0.25, 0.3) is 0 Å². The summed E-state index contributed by atoms with van der Waals surface area (Å²) in [7, 11) is 0. The number of rotatable bonds is 6. The van der Waals surface area contributed by atoms with E-state index in [1.807, 2.05) is 12.1 Å². The van der Waals surface area contributed by atoms with Crippen molar-refractivity contribution in [1.29, 1.82) is 0 Å². The Morgan fingerprint density at radius 3 is 1.17 bits per heavy atom. The van der Waals surface area contributed by atoms with Gasteiger partial charge in [0.1, 0.15) is 11.6 Å². The van der Waals surface area contributed by atoms with Gasteiger partial charge in [-0.05, 0) is 13.8 Å². The average Bonchev–Trinajstić information content (AvgIpc) is 2.55. The molecule has 124 valence electrons. The fraction of sp³-hybridized carbons (Fsp3) is 0.200. The highest BCUT2D eigenvalue weighted by atomic mass is 16.2. The SMILES string of the molecule is CC(=O)CC(C)=O.O=C(CC(=O)c1ccccc1)c1ccccc1. The molecule has 0 radical (unpaired) electrons. The molecule has 0 unspecified atom stereocenters. The third kappa shape index (κ3) is 7.40. The van der Waals surface area contributed by atoms with Crippen molar-refractivity contribution in [2.24, 2.45) is 0 Å². The van der Waals surface area contributed by atoms with Crippen molar-refractivity contribution >= 4 is 23.1 Å². The molecule has 2 aromatic rings. The first kappa shape index (κ1) is 19.2. The Bertz CT molecular complexity index is 641. The summed E-state index contributed by atoms with van der Waals surface area (Å²) in [6, 6.07) is 17.7. The van der Waals surface area contributed by atoms with Gasteiger partial charge < -0.3 is 0 Å². The Morgan fingerprint density at radius 2 is 0.917 bits per heavy atom. The van der Waals surface area contributed by atoms with Crippen LogP contribution in [0.5, 0.6) is 0 Å². The fourth-order valence-electron chi connectivity index (χ4n) is 1.95. The minimum Gasteiger partial charge on any atom is -0.300 e. The first-order valence-corrected chi connectivity index (χ1v) is 7.55. The summed E-state index contributed by atoms with van der Waals surface area (Å²) in [5, 5.41) is 0.